The zero-order valence-corrected chi connectivity index (χ0v) is 14.0. The third-order valence-corrected chi connectivity index (χ3v) is 3.60. The fourth-order valence-corrected chi connectivity index (χ4v) is 2.24. The Hall–Kier alpha value is -1.34. The number of hydrogen-bond acceptors (Lipinski definition) is 2. The van der Waals surface area contributed by atoms with Crippen molar-refractivity contribution in [2.24, 2.45) is 0 Å². The molecular formula is C16H28F4N2O2. The van der Waals surface area contributed by atoms with E-state index < -0.39 is 24.7 Å². The highest BCUT2D eigenvalue weighted by molar-refractivity contribution is 5.79. The second kappa shape index (κ2) is 15.2. The quantitative estimate of drug-likeness (QED) is 0.348. The van der Waals surface area contributed by atoms with Crippen molar-refractivity contribution >= 4 is 11.8 Å². The first-order valence-electron chi connectivity index (χ1n) is 8.57. The van der Waals surface area contributed by atoms with Crippen LogP contribution >= 0.6 is 0 Å². The van der Waals surface area contributed by atoms with E-state index in [0.717, 1.165) is 51.4 Å². The van der Waals surface area contributed by atoms with Crippen molar-refractivity contribution in [3.05, 3.63) is 0 Å². The van der Waals surface area contributed by atoms with Crippen LogP contribution in [0, 0.1) is 0 Å². The third kappa shape index (κ3) is 14.3. The van der Waals surface area contributed by atoms with Gasteiger partial charge in [-0.15, -0.1) is 0 Å². The summed E-state index contributed by atoms with van der Waals surface area (Å²) in [6.45, 7) is 0.594. The van der Waals surface area contributed by atoms with Gasteiger partial charge in [-0.2, -0.15) is 17.6 Å². The summed E-state index contributed by atoms with van der Waals surface area (Å²) in [6.07, 6.45) is 3.76. The van der Waals surface area contributed by atoms with Gasteiger partial charge in [-0.25, -0.2) is 0 Å². The molecule has 0 aliphatic carbocycles. The van der Waals surface area contributed by atoms with Crippen molar-refractivity contribution < 1.29 is 27.2 Å². The standard InChI is InChI=1S/C16H28F4N2O2/c17-13(18)15(23)21-11-9-7-5-3-1-2-4-6-8-10-12-22-16(24)14(19)20/h13-14H,1-12H2,(H,21,23)(H,22,24). The van der Waals surface area contributed by atoms with Crippen LogP contribution in [0.1, 0.15) is 64.2 Å². The molecule has 142 valence electrons. The summed E-state index contributed by atoms with van der Waals surface area (Å²) < 4.78 is 47.5. The Morgan fingerprint density at radius 2 is 0.792 bits per heavy atom. The highest BCUT2D eigenvalue weighted by Crippen LogP contribution is 2.10. The Balaban J connectivity index is 3.15. The summed E-state index contributed by atoms with van der Waals surface area (Å²) in [7, 11) is 0. The van der Waals surface area contributed by atoms with Gasteiger partial charge in [0.15, 0.2) is 0 Å². The van der Waals surface area contributed by atoms with Crippen molar-refractivity contribution in [2.75, 3.05) is 13.1 Å². The first kappa shape index (κ1) is 22.7. The van der Waals surface area contributed by atoms with E-state index >= 15 is 0 Å². The second-order valence-corrected chi connectivity index (χ2v) is 5.72. The monoisotopic (exact) mass is 356 g/mol. The summed E-state index contributed by atoms with van der Waals surface area (Å²) in [5, 5.41) is 4.35. The Kier molecular flexibility index (Phi) is 14.4. The highest BCUT2D eigenvalue weighted by atomic mass is 19.3. The summed E-state index contributed by atoms with van der Waals surface area (Å²) in [5.41, 5.74) is 0. The first-order chi connectivity index (χ1) is 11.4. The molecule has 8 heteroatoms. The van der Waals surface area contributed by atoms with E-state index in [4.69, 9.17) is 0 Å². The third-order valence-electron chi connectivity index (χ3n) is 3.60. The molecule has 0 aromatic heterocycles. The minimum absolute atomic E-state index is 0.297. The molecule has 0 radical (unpaired) electrons. The topological polar surface area (TPSA) is 58.2 Å². The van der Waals surface area contributed by atoms with Gasteiger partial charge >= 0.3 is 12.9 Å². The minimum atomic E-state index is -2.94. The molecule has 4 nitrogen and oxygen atoms in total. The Bertz CT molecular complexity index is 310. The van der Waals surface area contributed by atoms with Crippen LogP contribution in [0.2, 0.25) is 0 Å². The average Bonchev–Trinajstić information content (AvgIpc) is 2.54. The lowest BCUT2D eigenvalue weighted by Gasteiger charge is -2.05. The number of halogens is 4. The predicted octanol–water partition coefficient (Wildman–Crippen LogP) is 3.65. The van der Waals surface area contributed by atoms with Crippen LogP contribution in [-0.4, -0.2) is 37.8 Å². The molecule has 0 fully saturated rings. The zero-order valence-electron chi connectivity index (χ0n) is 14.0. The SMILES string of the molecule is O=C(NCCCCCCCCCCCCNC(=O)C(F)F)C(F)F. The van der Waals surface area contributed by atoms with Crippen LogP contribution < -0.4 is 10.6 Å². The Labute approximate surface area is 140 Å². The normalized spacial score (nSPS) is 11.1. The maximum atomic E-state index is 11.9. The van der Waals surface area contributed by atoms with Crippen LogP contribution in [0.5, 0.6) is 0 Å². The van der Waals surface area contributed by atoms with Gasteiger partial charge < -0.3 is 10.6 Å². The number of hydrogen-bond donors (Lipinski definition) is 2. The molecule has 0 aromatic carbocycles. The largest absolute Gasteiger partial charge is 0.351 e. The molecule has 0 bridgehead atoms. The van der Waals surface area contributed by atoms with Gasteiger partial charge in [-0.05, 0) is 12.8 Å². The lowest BCUT2D eigenvalue weighted by atomic mass is 10.1. The molecule has 2 amide bonds. The van der Waals surface area contributed by atoms with Gasteiger partial charge in [0, 0.05) is 13.1 Å². The van der Waals surface area contributed by atoms with Crippen LogP contribution in [0.4, 0.5) is 17.6 Å². The molecule has 0 rings (SSSR count). The van der Waals surface area contributed by atoms with Crippen molar-refractivity contribution in [1.29, 1.82) is 0 Å². The molecular weight excluding hydrogens is 328 g/mol. The van der Waals surface area contributed by atoms with E-state index in [-0.39, 0.29) is 0 Å². The fraction of sp³-hybridized carbons (Fsp3) is 0.875. The molecule has 0 spiro atoms. The lowest BCUT2D eigenvalue weighted by molar-refractivity contribution is -0.132. The fourth-order valence-electron chi connectivity index (χ4n) is 2.24. The Morgan fingerprint density at radius 1 is 0.542 bits per heavy atom. The van der Waals surface area contributed by atoms with Crippen molar-refractivity contribution in [2.45, 2.75) is 77.1 Å². The highest BCUT2D eigenvalue weighted by Gasteiger charge is 2.13. The number of rotatable bonds is 15. The maximum Gasteiger partial charge on any atom is 0.315 e. The van der Waals surface area contributed by atoms with Crippen molar-refractivity contribution in [1.82, 2.24) is 10.6 Å². The predicted molar refractivity (Wildman–Crippen MR) is 84.2 cm³/mol. The zero-order chi connectivity index (χ0) is 18.2. The van der Waals surface area contributed by atoms with E-state index in [1.165, 1.54) is 0 Å². The molecule has 0 saturated carbocycles. The van der Waals surface area contributed by atoms with Gasteiger partial charge in [0.2, 0.25) is 0 Å². The second-order valence-electron chi connectivity index (χ2n) is 5.72. The minimum Gasteiger partial charge on any atom is -0.351 e. The van der Waals surface area contributed by atoms with Crippen LogP contribution in [0.15, 0.2) is 0 Å². The molecule has 2 N–H and O–H groups in total. The van der Waals surface area contributed by atoms with E-state index in [2.05, 4.69) is 10.6 Å². The lowest BCUT2D eigenvalue weighted by Crippen LogP contribution is -2.30. The number of alkyl halides is 4. The van der Waals surface area contributed by atoms with E-state index in [1.807, 2.05) is 0 Å². The van der Waals surface area contributed by atoms with Crippen molar-refractivity contribution in [3.63, 3.8) is 0 Å². The summed E-state index contributed by atoms with van der Waals surface area (Å²) in [6, 6.07) is 0. The van der Waals surface area contributed by atoms with Gasteiger partial charge in [-0.3, -0.25) is 9.59 Å². The summed E-state index contributed by atoms with van der Waals surface area (Å²) >= 11 is 0. The van der Waals surface area contributed by atoms with Gasteiger partial charge in [0.05, 0.1) is 0 Å². The molecule has 0 aliphatic heterocycles. The molecule has 0 atom stereocenters. The maximum absolute atomic E-state index is 11.9. The smallest absolute Gasteiger partial charge is 0.315 e. The van der Waals surface area contributed by atoms with Gasteiger partial charge in [0.1, 0.15) is 0 Å². The molecule has 0 aliphatic rings. The number of nitrogens with one attached hydrogen (secondary N) is 2. The Morgan fingerprint density at radius 3 is 1.04 bits per heavy atom. The van der Waals surface area contributed by atoms with Crippen molar-refractivity contribution in [3.8, 4) is 0 Å². The molecule has 0 saturated heterocycles. The van der Waals surface area contributed by atoms with Crippen LogP contribution in [-0.2, 0) is 9.59 Å². The molecule has 0 aromatic rings. The van der Waals surface area contributed by atoms with Gasteiger partial charge in [0.25, 0.3) is 11.8 Å². The number of carbonyl (C=O) groups excluding carboxylic acids is 2. The summed E-state index contributed by atoms with van der Waals surface area (Å²) in [5.74, 6) is -2.41. The van der Waals surface area contributed by atoms with Crippen LogP contribution in [0.3, 0.4) is 0 Å². The molecule has 0 unspecified atom stereocenters. The number of carbonyl (C=O) groups is 2. The first-order valence-corrected chi connectivity index (χ1v) is 8.57. The average molecular weight is 356 g/mol. The number of unbranched alkanes of at least 4 members (excludes halogenated alkanes) is 9. The summed E-state index contributed by atoms with van der Waals surface area (Å²) in [4.78, 5) is 21.2. The van der Waals surface area contributed by atoms with E-state index in [0.29, 0.717) is 25.9 Å². The van der Waals surface area contributed by atoms with Crippen LogP contribution in [0.25, 0.3) is 0 Å². The van der Waals surface area contributed by atoms with E-state index in [9.17, 15) is 27.2 Å². The molecule has 0 heterocycles. The molecule has 24 heavy (non-hydrogen) atoms. The number of amides is 2. The van der Waals surface area contributed by atoms with E-state index in [1.54, 1.807) is 0 Å². The van der Waals surface area contributed by atoms with Gasteiger partial charge in [-0.1, -0.05) is 51.4 Å².